The molecule has 0 bridgehead atoms. The van der Waals surface area contributed by atoms with Crippen molar-refractivity contribution in [3.8, 4) is 0 Å². The number of carbonyl (C=O) groups is 1. The third kappa shape index (κ3) is 5.08. The van der Waals surface area contributed by atoms with Gasteiger partial charge in [-0.05, 0) is 48.9 Å². The Labute approximate surface area is 159 Å². The van der Waals surface area contributed by atoms with E-state index >= 15 is 0 Å². The average molecular weight is 371 g/mol. The van der Waals surface area contributed by atoms with Crippen molar-refractivity contribution in [3.63, 3.8) is 0 Å². The predicted molar refractivity (Wildman–Crippen MR) is 109 cm³/mol. The van der Waals surface area contributed by atoms with Crippen molar-refractivity contribution >= 4 is 28.9 Å². The number of hydrogen-bond donors (Lipinski definition) is 2. The fourth-order valence-electron chi connectivity index (χ4n) is 2.97. The van der Waals surface area contributed by atoms with Gasteiger partial charge in [-0.25, -0.2) is 4.99 Å². The van der Waals surface area contributed by atoms with Crippen molar-refractivity contribution in [3.05, 3.63) is 52.2 Å². The van der Waals surface area contributed by atoms with Crippen molar-refractivity contribution < 1.29 is 4.79 Å². The second-order valence-corrected chi connectivity index (χ2v) is 7.30. The van der Waals surface area contributed by atoms with Gasteiger partial charge in [-0.2, -0.15) is 0 Å². The number of amides is 1. The lowest BCUT2D eigenvalue weighted by Crippen LogP contribution is -2.38. The van der Waals surface area contributed by atoms with Gasteiger partial charge in [-0.1, -0.05) is 18.2 Å². The van der Waals surface area contributed by atoms with Crippen molar-refractivity contribution in [1.82, 2.24) is 10.6 Å². The van der Waals surface area contributed by atoms with Crippen LogP contribution >= 0.6 is 11.3 Å². The quantitative estimate of drug-likeness (QED) is 0.581. The summed E-state index contributed by atoms with van der Waals surface area (Å²) < 4.78 is 0. The van der Waals surface area contributed by atoms with Gasteiger partial charge < -0.3 is 15.5 Å². The minimum Gasteiger partial charge on any atom is -0.357 e. The SMILES string of the molecule is CCNC(=NCc1ccc(N2CCCC2=O)cc1)NCCc1cccs1. The molecule has 1 aliphatic heterocycles. The smallest absolute Gasteiger partial charge is 0.227 e. The third-order valence-corrected chi connectivity index (χ3v) is 5.27. The molecule has 1 saturated heterocycles. The van der Waals surface area contributed by atoms with E-state index < -0.39 is 0 Å². The summed E-state index contributed by atoms with van der Waals surface area (Å²) in [7, 11) is 0. The summed E-state index contributed by atoms with van der Waals surface area (Å²) in [6, 6.07) is 12.4. The third-order valence-electron chi connectivity index (χ3n) is 4.33. The van der Waals surface area contributed by atoms with Gasteiger partial charge in [0.2, 0.25) is 5.91 Å². The predicted octanol–water partition coefficient (Wildman–Crippen LogP) is 3.17. The van der Waals surface area contributed by atoms with E-state index in [1.54, 1.807) is 11.3 Å². The molecule has 0 unspecified atom stereocenters. The number of thiophene rings is 1. The summed E-state index contributed by atoms with van der Waals surface area (Å²) in [5.41, 5.74) is 2.12. The van der Waals surface area contributed by atoms with Gasteiger partial charge >= 0.3 is 0 Å². The van der Waals surface area contributed by atoms with E-state index in [1.807, 2.05) is 17.0 Å². The molecule has 0 atom stereocenters. The highest BCUT2D eigenvalue weighted by atomic mass is 32.1. The van der Waals surface area contributed by atoms with Crippen LogP contribution in [0.5, 0.6) is 0 Å². The van der Waals surface area contributed by atoms with Crippen LogP contribution in [0.15, 0.2) is 46.8 Å². The summed E-state index contributed by atoms with van der Waals surface area (Å²) in [4.78, 5) is 19.7. The number of nitrogens with one attached hydrogen (secondary N) is 2. The van der Waals surface area contributed by atoms with Gasteiger partial charge in [-0.3, -0.25) is 4.79 Å². The molecule has 2 aromatic rings. The van der Waals surface area contributed by atoms with Gasteiger partial charge in [0.1, 0.15) is 0 Å². The Bertz CT molecular complexity index is 725. The summed E-state index contributed by atoms with van der Waals surface area (Å²) >= 11 is 1.78. The number of carbonyl (C=O) groups excluding carboxylic acids is 1. The number of aliphatic imine (C=N–C) groups is 1. The molecule has 26 heavy (non-hydrogen) atoms. The molecule has 0 radical (unpaired) electrons. The van der Waals surface area contributed by atoms with Crippen LogP contribution in [0, 0.1) is 0 Å². The van der Waals surface area contributed by atoms with Crippen molar-refractivity contribution in [2.75, 3.05) is 24.5 Å². The summed E-state index contributed by atoms with van der Waals surface area (Å²) in [6.45, 7) is 5.21. The van der Waals surface area contributed by atoms with Crippen LogP contribution < -0.4 is 15.5 Å². The second kappa shape index (κ2) is 9.38. The molecular formula is C20H26N4OS. The molecule has 0 aliphatic carbocycles. The number of anilines is 1. The zero-order valence-corrected chi connectivity index (χ0v) is 16.0. The first-order chi connectivity index (χ1) is 12.8. The molecule has 1 fully saturated rings. The van der Waals surface area contributed by atoms with Crippen molar-refractivity contribution in [2.24, 2.45) is 4.99 Å². The maximum absolute atomic E-state index is 11.8. The van der Waals surface area contributed by atoms with Gasteiger partial charge in [0.25, 0.3) is 0 Å². The Morgan fingerprint density at radius 2 is 2.08 bits per heavy atom. The van der Waals surface area contributed by atoms with Crippen LogP contribution in [0.3, 0.4) is 0 Å². The Morgan fingerprint density at radius 3 is 2.73 bits per heavy atom. The van der Waals surface area contributed by atoms with E-state index in [-0.39, 0.29) is 5.91 Å². The van der Waals surface area contributed by atoms with Gasteiger partial charge in [0, 0.05) is 36.6 Å². The van der Waals surface area contributed by atoms with Gasteiger partial charge in [-0.15, -0.1) is 11.3 Å². The van der Waals surface area contributed by atoms with Crippen LogP contribution in [0.25, 0.3) is 0 Å². The zero-order valence-electron chi connectivity index (χ0n) is 15.2. The highest BCUT2D eigenvalue weighted by molar-refractivity contribution is 7.09. The largest absolute Gasteiger partial charge is 0.357 e. The Kier molecular flexibility index (Phi) is 6.66. The molecule has 2 N–H and O–H groups in total. The van der Waals surface area contributed by atoms with E-state index in [0.29, 0.717) is 13.0 Å². The van der Waals surface area contributed by atoms with E-state index in [1.165, 1.54) is 4.88 Å². The van der Waals surface area contributed by atoms with Crippen LogP contribution in [0.1, 0.15) is 30.2 Å². The maximum atomic E-state index is 11.8. The van der Waals surface area contributed by atoms with Crippen LogP contribution in [-0.2, 0) is 17.8 Å². The number of nitrogens with zero attached hydrogens (tertiary/aromatic N) is 2. The van der Waals surface area contributed by atoms with Crippen LogP contribution in [0.2, 0.25) is 0 Å². The lowest BCUT2D eigenvalue weighted by molar-refractivity contribution is -0.117. The lowest BCUT2D eigenvalue weighted by atomic mass is 10.2. The maximum Gasteiger partial charge on any atom is 0.227 e. The van der Waals surface area contributed by atoms with E-state index in [0.717, 1.165) is 49.7 Å². The molecule has 6 heteroatoms. The standard InChI is InChI=1S/C20H26N4OS/c1-2-21-20(22-12-11-18-5-4-14-26-18)23-15-16-7-9-17(10-8-16)24-13-3-6-19(24)25/h4-5,7-10,14H,2-3,6,11-13,15H2,1H3,(H2,21,22,23). The topological polar surface area (TPSA) is 56.7 Å². The van der Waals surface area contributed by atoms with E-state index in [9.17, 15) is 4.79 Å². The summed E-state index contributed by atoms with van der Waals surface area (Å²) in [5.74, 6) is 1.06. The van der Waals surface area contributed by atoms with Crippen LogP contribution in [0.4, 0.5) is 5.69 Å². The Morgan fingerprint density at radius 1 is 1.23 bits per heavy atom. The normalized spacial score (nSPS) is 14.7. The first-order valence-corrected chi connectivity index (χ1v) is 10.1. The van der Waals surface area contributed by atoms with Gasteiger partial charge in [0.05, 0.1) is 6.54 Å². The first-order valence-electron chi connectivity index (χ1n) is 9.20. The highest BCUT2D eigenvalue weighted by Crippen LogP contribution is 2.21. The fraction of sp³-hybridized carbons (Fsp3) is 0.400. The second-order valence-electron chi connectivity index (χ2n) is 6.27. The molecule has 1 amide bonds. The minimum absolute atomic E-state index is 0.222. The zero-order chi connectivity index (χ0) is 18.2. The van der Waals surface area contributed by atoms with Crippen molar-refractivity contribution in [2.45, 2.75) is 32.7 Å². The highest BCUT2D eigenvalue weighted by Gasteiger charge is 2.21. The summed E-state index contributed by atoms with van der Waals surface area (Å²) in [6.07, 6.45) is 2.62. The van der Waals surface area contributed by atoms with E-state index in [2.05, 4.69) is 52.2 Å². The Hall–Kier alpha value is -2.34. The molecule has 138 valence electrons. The molecule has 0 spiro atoms. The number of rotatable bonds is 7. The molecule has 0 saturated carbocycles. The number of benzene rings is 1. The first kappa shape index (κ1) is 18.5. The number of hydrogen-bond acceptors (Lipinski definition) is 3. The van der Waals surface area contributed by atoms with Crippen LogP contribution in [-0.4, -0.2) is 31.5 Å². The Balaban J connectivity index is 1.53. The number of guanidine groups is 1. The molecule has 3 rings (SSSR count). The average Bonchev–Trinajstić information content (AvgIpc) is 3.32. The fourth-order valence-corrected chi connectivity index (χ4v) is 3.68. The summed E-state index contributed by atoms with van der Waals surface area (Å²) in [5, 5.41) is 8.77. The van der Waals surface area contributed by atoms with E-state index in [4.69, 9.17) is 0 Å². The molecule has 2 heterocycles. The molecule has 1 aliphatic rings. The van der Waals surface area contributed by atoms with Gasteiger partial charge in [0.15, 0.2) is 5.96 Å². The molecule has 1 aromatic carbocycles. The monoisotopic (exact) mass is 370 g/mol. The van der Waals surface area contributed by atoms with Crippen molar-refractivity contribution in [1.29, 1.82) is 0 Å². The minimum atomic E-state index is 0.222. The molecule has 1 aromatic heterocycles. The molecule has 5 nitrogen and oxygen atoms in total. The lowest BCUT2D eigenvalue weighted by Gasteiger charge is -2.16. The molecular weight excluding hydrogens is 344 g/mol.